The van der Waals surface area contributed by atoms with Gasteiger partial charge in [-0.1, -0.05) is 6.92 Å². The van der Waals surface area contributed by atoms with Gasteiger partial charge in [0.1, 0.15) is 5.82 Å². The number of aromatic nitrogens is 1. The van der Waals surface area contributed by atoms with Crippen molar-refractivity contribution in [3.63, 3.8) is 0 Å². The summed E-state index contributed by atoms with van der Waals surface area (Å²) < 4.78 is 14.5. The molecule has 1 aromatic carbocycles. The number of pyridine rings is 1. The maximum Gasteiger partial charge on any atom is 0.147 e. The van der Waals surface area contributed by atoms with Gasteiger partial charge in [-0.05, 0) is 43.0 Å². The van der Waals surface area contributed by atoms with Crippen molar-refractivity contribution in [1.29, 1.82) is 0 Å². The Labute approximate surface area is 118 Å². The molecule has 0 aliphatic carbocycles. The summed E-state index contributed by atoms with van der Waals surface area (Å²) in [6.45, 7) is 5.61. The Morgan fingerprint density at radius 1 is 1.40 bits per heavy atom. The third kappa shape index (κ3) is 2.24. The second kappa shape index (κ2) is 5.02. The Morgan fingerprint density at radius 3 is 2.95 bits per heavy atom. The van der Waals surface area contributed by atoms with E-state index in [1.54, 1.807) is 12.3 Å². The predicted molar refractivity (Wildman–Crippen MR) is 80.4 cm³/mol. The zero-order chi connectivity index (χ0) is 14.3. The van der Waals surface area contributed by atoms with E-state index >= 15 is 0 Å². The minimum atomic E-state index is -0.177. The minimum absolute atomic E-state index is 0.103. The summed E-state index contributed by atoms with van der Waals surface area (Å²) in [5, 5.41) is 0.881. The molecule has 0 bridgehead atoms. The van der Waals surface area contributed by atoms with Crippen LogP contribution in [0.15, 0.2) is 24.4 Å². The van der Waals surface area contributed by atoms with Crippen LogP contribution < -0.4 is 10.6 Å². The molecule has 106 valence electrons. The maximum absolute atomic E-state index is 14.5. The number of benzene rings is 1. The Bertz CT molecular complexity index is 631. The molecule has 2 aromatic rings. The van der Waals surface area contributed by atoms with Crippen molar-refractivity contribution in [1.82, 2.24) is 4.98 Å². The predicted octanol–water partition coefficient (Wildman–Crippen LogP) is 2.86. The van der Waals surface area contributed by atoms with E-state index in [9.17, 15) is 4.39 Å². The summed E-state index contributed by atoms with van der Waals surface area (Å²) in [6, 6.07) is 5.48. The molecule has 1 aromatic heterocycles. The van der Waals surface area contributed by atoms with Crippen LogP contribution in [0.25, 0.3) is 10.9 Å². The number of nitrogens with zero attached hydrogens (tertiary/aromatic N) is 2. The molecule has 2 N–H and O–H groups in total. The Hall–Kier alpha value is -1.68. The van der Waals surface area contributed by atoms with Crippen LogP contribution in [0.2, 0.25) is 0 Å². The van der Waals surface area contributed by atoms with Gasteiger partial charge >= 0.3 is 0 Å². The van der Waals surface area contributed by atoms with Gasteiger partial charge in [0, 0.05) is 30.7 Å². The van der Waals surface area contributed by atoms with Gasteiger partial charge in [0.25, 0.3) is 0 Å². The number of hydrogen-bond acceptors (Lipinski definition) is 3. The first-order chi connectivity index (χ1) is 9.56. The van der Waals surface area contributed by atoms with E-state index in [1.165, 1.54) is 0 Å². The number of hydrogen-bond donors (Lipinski definition) is 1. The van der Waals surface area contributed by atoms with Crippen LogP contribution in [0.1, 0.15) is 18.9 Å². The molecule has 20 heavy (non-hydrogen) atoms. The highest BCUT2D eigenvalue weighted by molar-refractivity contribution is 5.94. The Kier molecular flexibility index (Phi) is 3.34. The summed E-state index contributed by atoms with van der Waals surface area (Å²) in [7, 11) is 0. The molecule has 2 heterocycles. The smallest absolute Gasteiger partial charge is 0.147 e. The first kappa shape index (κ1) is 13.3. The second-order valence-corrected chi connectivity index (χ2v) is 5.93. The van der Waals surface area contributed by atoms with Crippen molar-refractivity contribution in [2.24, 2.45) is 11.7 Å². The van der Waals surface area contributed by atoms with E-state index in [2.05, 4.69) is 16.8 Å². The maximum atomic E-state index is 14.5. The summed E-state index contributed by atoms with van der Waals surface area (Å²) in [6.07, 6.45) is 2.75. The first-order valence-corrected chi connectivity index (χ1v) is 7.10. The lowest BCUT2D eigenvalue weighted by Gasteiger charge is -2.37. The molecule has 0 spiro atoms. The minimum Gasteiger partial charge on any atom is -0.367 e. The van der Waals surface area contributed by atoms with Gasteiger partial charge in [-0.2, -0.15) is 0 Å². The van der Waals surface area contributed by atoms with E-state index in [0.717, 1.165) is 29.4 Å². The molecule has 3 nitrogen and oxygen atoms in total. The van der Waals surface area contributed by atoms with Crippen molar-refractivity contribution >= 4 is 16.6 Å². The number of piperidine rings is 1. The van der Waals surface area contributed by atoms with Crippen molar-refractivity contribution in [3.05, 3.63) is 35.8 Å². The fourth-order valence-corrected chi connectivity index (χ4v) is 3.27. The largest absolute Gasteiger partial charge is 0.367 e. The van der Waals surface area contributed by atoms with Gasteiger partial charge in [0.05, 0.1) is 11.2 Å². The second-order valence-electron chi connectivity index (χ2n) is 5.93. The molecule has 1 aliphatic rings. The van der Waals surface area contributed by atoms with Crippen LogP contribution in [0, 0.1) is 18.7 Å². The number of anilines is 1. The molecular formula is C16H20FN3. The van der Waals surface area contributed by atoms with Gasteiger partial charge in [0.2, 0.25) is 0 Å². The van der Waals surface area contributed by atoms with E-state index in [-0.39, 0.29) is 11.9 Å². The van der Waals surface area contributed by atoms with E-state index in [1.807, 2.05) is 19.1 Å². The first-order valence-electron chi connectivity index (χ1n) is 7.10. The molecule has 3 rings (SSSR count). The van der Waals surface area contributed by atoms with Crippen molar-refractivity contribution < 1.29 is 4.39 Å². The van der Waals surface area contributed by atoms with Crippen LogP contribution >= 0.6 is 0 Å². The average molecular weight is 273 g/mol. The summed E-state index contributed by atoms with van der Waals surface area (Å²) in [4.78, 5) is 6.47. The summed E-state index contributed by atoms with van der Waals surface area (Å²) in [5.74, 6) is 0.301. The van der Waals surface area contributed by atoms with Crippen LogP contribution in [0.3, 0.4) is 0 Å². The van der Waals surface area contributed by atoms with Crippen molar-refractivity contribution in [3.8, 4) is 0 Å². The molecule has 0 radical (unpaired) electrons. The van der Waals surface area contributed by atoms with Gasteiger partial charge in [0.15, 0.2) is 0 Å². The number of halogens is 1. The van der Waals surface area contributed by atoms with E-state index < -0.39 is 0 Å². The molecule has 1 fully saturated rings. The van der Waals surface area contributed by atoms with Gasteiger partial charge in [-0.3, -0.25) is 4.98 Å². The van der Waals surface area contributed by atoms with Crippen molar-refractivity contribution in [2.45, 2.75) is 26.3 Å². The lowest BCUT2D eigenvalue weighted by atomic mass is 9.95. The molecular weight excluding hydrogens is 253 g/mol. The summed E-state index contributed by atoms with van der Waals surface area (Å²) in [5.41, 5.74) is 8.49. The number of nitrogens with two attached hydrogens (primary N) is 1. The SMILES string of the molecule is Cc1cc(F)c(N2CC(C)CC(N)C2)c2cccnc12. The normalized spacial score (nSPS) is 23.3. The molecule has 4 heteroatoms. The van der Waals surface area contributed by atoms with Crippen molar-refractivity contribution in [2.75, 3.05) is 18.0 Å². The lowest BCUT2D eigenvalue weighted by molar-refractivity contribution is 0.399. The molecule has 0 saturated carbocycles. The van der Waals surface area contributed by atoms with Crippen LogP contribution in [-0.2, 0) is 0 Å². The highest BCUT2D eigenvalue weighted by Gasteiger charge is 2.26. The third-order valence-electron chi connectivity index (χ3n) is 4.01. The standard InChI is InChI=1S/C16H20FN3/c1-10-6-12(18)9-20(8-10)16-13-4-3-5-19-15(13)11(2)7-14(16)17/h3-5,7,10,12H,6,8-9,18H2,1-2H3. The number of fused-ring (bicyclic) bond motifs is 1. The van der Waals surface area contributed by atoms with E-state index in [0.29, 0.717) is 18.2 Å². The number of aryl methyl sites for hydroxylation is 1. The molecule has 1 saturated heterocycles. The summed E-state index contributed by atoms with van der Waals surface area (Å²) >= 11 is 0. The van der Waals surface area contributed by atoms with Gasteiger partial charge in [-0.25, -0.2) is 4.39 Å². The van der Waals surface area contributed by atoms with Gasteiger partial charge in [-0.15, -0.1) is 0 Å². The zero-order valence-corrected chi connectivity index (χ0v) is 11.9. The fraction of sp³-hybridized carbons (Fsp3) is 0.438. The molecule has 0 amide bonds. The zero-order valence-electron chi connectivity index (χ0n) is 11.9. The quantitative estimate of drug-likeness (QED) is 0.868. The molecule has 2 atom stereocenters. The Morgan fingerprint density at radius 2 is 2.20 bits per heavy atom. The number of rotatable bonds is 1. The van der Waals surface area contributed by atoms with Gasteiger partial charge < -0.3 is 10.6 Å². The molecule has 1 aliphatic heterocycles. The molecule has 2 unspecified atom stereocenters. The third-order valence-corrected chi connectivity index (χ3v) is 4.01. The fourth-order valence-electron chi connectivity index (χ4n) is 3.27. The Balaban J connectivity index is 2.15. The average Bonchev–Trinajstić information content (AvgIpc) is 2.37. The van der Waals surface area contributed by atoms with Crippen LogP contribution in [0.5, 0.6) is 0 Å². The topological polar surface area (TPSA) is 42.1 Å². The van der Waals surface area contributed by atoms with E-state index in [4.69, 9.17) is 5.73 Å². The van der Waals surface area contributed by atoms with Crippen LogP contribution in [-0.4, -0.2) is 24.1 Å². The monoisotopic (exact) mass is 273 g/mol. The van der Waals surface area contributed by atoms with Crippen LogP contribution in [0.4, 0.5) is 10.1 Å². The highest BCUT2D eigenvalue weighted by Crippen LogP contribution is 2.33. The highest BCUT2D eigenvalue weighted by atomic mass is 19.1. The lowest BCUT2D eigenvalue weighted by Crippen LogP contribution is -2.46.